The number of urea groups is 1. The molecule has 0 bridgehead atoms. The van der Waals surface area contributed by atoms with Crippen molar-refractivity contribution >= 4 is 42.4 Å². The molecular formula is C16H28N4O3S2. The van der Waals surface area contributed by atoms with Gasteiger partial charge in [-0.3, -0.25) is 9.59 Å². The zero-order valence-electron chi connectivity index (χ0n) is 14.4. The van der Waals surface area contributed by atoms with Crippen LogP contribution in [-0.2, 0) is 9.59 Å². The lowest BCUT2D eigenvalue weighted by Gasteiger charge is -2.16. The first-order chi connectivity index (χ1) is 12.1. The van der Waals surface area contributed by atoms with Crippen LogP contribution in [-0.4, -0.2) is 47.5 Å². The van der Waals surface area contributed by atoms with Crippen LogP contribution >= 0.6 is 24.6 Å². The number of amides is 4. The van der Waals surface area contributed by atoms with Crippen LogP contribution in [0.4, 0.5) is 4.79 Å². The molecule has 0 radical (unpaired) electrons. The van der Waals surface area contributed by atoms with E-state index in [2.05, 4.69) is 33.5 Å². The molecule has 0 aromatic heterocycles. The molecule has 0 saturated carbocycles. The molecule has 4 N–H and O–H groups in total. The molecule has 0 aromatic rings. The number of carbonyl (C=O) groups is 3. The Balaban J connectivity index is 1.44. The topological polar surface area (TPSA) is 99.3 Å². The lowest BCUT2D eigenvalue weighted by molar-refractivity contribution is -0.121. The smallest absolute Gasteiger partial charge is 0.315 e. The van der Waals surface area contributed by atoms with E-state index in [9.17, 15) is 14.4 Å². The molecule has 0 aromatic carbocycles. The molecule has 7 nitrogen and oxygen atoms in total. The fraction of sp³-hybridized carbons (Fsp3) is 0.812. The Kier molecular flexibility index (Phi) is 8.74. The molecule has 2 heterocycles. The minimum Gasteiger partial charge on any atom is -0.356 e. The van der Waals surface area contributed by atoms with Crippen LogP contribution < -0.4 is 20.7 Å². The quantitative estimate of drug-likeness (QED) is 0.210. The Labute approximate surface area is 158 Å². The summed E-state index contributed by atoms with van der Waals surface area (Å²) in [6.45, 7) is 0.668. The van der Waals surface area contributed by atoms with Crippen molar-refractivity contribution in [3.63, 3.8) is 0 Å². The SMILES string of the molecule is O=C(CCCCCNC(=O)CCCCC1SCC2NC(=O)NC21)NS. The molecule has 25 heavy (non-hydrogen) atoms. The number of unbranched alkanes of at least 4 members (excludes halogenated alkanes) is 3. The van der Waals surface area contributed by atoms with E-state index in [4.69, 9.17) is 0 Å². The third-order valence-electron chi connectivity index (χ3n) is 4.61. The van der Waals surface area contributed by atoms with E-state index >= 15 is 0 Å². The van der Waals surface area contributed by atoms with Crippen molar-refractivity contribution in [2.75, 3.05) is 12.3 Å². The summed E-state index contributed by atoms with van der Waals surface area (Å²) in [6, 6.07) is 0.464. The van der Waals surface area contributed by atoms with Gasteiger partial charge in [0.2, 0.25) is 11.8 Å². The van der Waals surface area contributed by atoms with Gasteiger partial charge in [0.1, 0.15) is 0 Å². The maximum atomic E-state index is 11.8. The largest absolute Gasteiger partial charge is 0.356 e. The van der Waals surface area contributed by atoms with Crippen molar-refractivity contribution in [1.82, 2.24) is 20.7 Å². The molecule has 142 valence electrons. The number of rotatable bonds is 11. The van der Waals surface area contributed by atoms with Crippen molar-refractivity contribution in [3.8, 4) is 0 Å². The number of fused-ring (bicyclic) bond motifs is 1. The number of hydrogen-bond donors (Lipinski definition) is 5. The second-order valence-electron chi connectivity index (χ2n) is 6.56. The highest BCUT2D eigenvalue weighted by Gasteiger charge is 2.42. The Bertz CT molecular complexity index is 478. The monoisotopic (exact) mass is 388 g/mol. The van der Waals surface area contributed by atoms with Gasteiger partial charge in [-0.2, -0.15) is 11.8 Å². The first kappa shape index (κ1) is 20.2. The van der Waals surface area contributed by atoms with Crippen LogP contribution in [0.2, 0.25) is 0 Å². The van der Waals surface area contributed by atoms with Gasteiger partial charge in [-0.05, 0) is 25.7 Å². The molecule has 3 unspecified atom stereocenters. The summed E-state index contributed by atoms with van der Waals surface area (Å²) in [5.74, 6) is 1.01. The van der Waals surface area contributed by atoms with Crippen LogP contribution in [0.5, 0.6) is 0 Å². The predicted molar refractivity (Wildman–Crippen MR) is 103 cm³/mol. The molecule has 0 aliphatic carbocycles. The molecule has 2 rings (SSSR count). The molecule has 2 aliphatic rings. The van der Waals surface area contributed by atoms with E-state index in [1.165, 1.54) is 0 Å². The third-order valence-corrected chi connectivity index (χ3v) is 6.37. The van der Waals surface area contributed by atoms with Gasteiger partial charge in [0.15, 0.2) is 0 Å². The maximum Gasteiger partial charge on any atom is 0.315 e. The molecule has 4 amide bonds. The van der Waals surface area contributed by atoms with Crippen molar-refractivity contribution in [2.45, 2.75) is 68.7 Å². The van der Waals surface area contributed by atoms with Crippen molar-refractivity contribution in [3.05, 3.63) is 0 Å². The van der Waals surface area contributed by atoms with E-state index in [0.717, 1.165) is 44.3 Å². The molecule has 9 heteroatoms. The fourth-order valence-electron chi connectivity index (χ4n) is 3.23. The summed E-state index contributed by atoms with van der Waals surface area (Å²) in [7, 11) is 0. The summed E-state index contributed by atoms with van der Waals surface area (Å²) in [4.78, 5) is 34.1. The fourth-order valence-corrected chi connectivity index (χ4v) is 4.89. The first-order valence-electron chi connectivity index (χ1n) is 8.98. The molecule has 2 aliphatic heterocycles. The second kappa shape index (κ2) is 10.8. The summed E-state index contributed by atoms with van der Waals surface area (Å²) >= 11 is 5.61. The van der Waals surface area contributed by atoms with Gasteiger partial charge in [0.05, 0.1) is 12.1 Å². The van der Waals surface area contributed by atoms with E-state index in [1.807, 2.05) is 11.8 Å². The minimum absolute atomic E-state index is 0.0501. The van der Waals surface area contributed by atoms with Crippen LogP contribution in [0.3, 0.4) is 0 Å². The van der Waals surface area contributed by atoms with Crippen LogP contribution in [0.1, 0.15) is 51.4 Å². The second-order valence-corrected chi connectivity index (χ2v) is 8.06. The van der Waals surface area contributed by atoms with Crippen molar-refractivity contribution in [1.29, 1.82) is 0 Å². The lowest BCUT2D eigenvalue weighted by atomic mass is 10.0. The predicted octanol–water partition coefficient (Wildman–Crippen LogP) is 1.35. The Hall–Kier alpha value is -1.09. The zero-order valence-corrected chi connectivity index (χ0v) is 16.1. The Morgan fingerprint density at radius 3 is 2.64 bits per heavy atom. The summed E-state index contributed by atoms with van der Waals surface area (Å²) in [5.41, 5.74) is 0. The molecule has 2 fully saturated rings. The maximum absolute atomic E-state index is 11.8. The highest BCUT2D eigenvalue weighted by molar-refractivity contribution is 8.00. The van der Waals surface area contributed by atoms with Gasteiger partial charge in [-0.1, -0.05) is 25.7 Å². The van der Waals surface area contributed by atoms with E-state index in [-0.39, 0.29) is 29.9 Å². The van der Waals surface area contributed by atoms with Crippen molar-refractivity contribution < 1.29 is 14.4 Å². The van der Waals surface area contributed by atoms with Gasteiger partial charge >= 0.3 is 6.03 Å². The number of thiol groups is 1. The first-order valence-corrected chi connectivity index (χ1v) is 10.5. The van der Waals surface area contributed by atoms with Crippen LogP contribution in [0.25, 0.3) is 0 Å². The van der Waals surface area contributed by atoms with Gasteiger partial charge in [0, 0.05) is 30.4 Å². The zero-order chi connectivity index (χ0) is 18.1. The highest BCUT2D eigenvalue weighted by Crippen LogP contribution is 2.33. The van der Waals surface area contributed by atoms with E-state index < -0.39 is 0 Å². The van der Waals surface area contributed by atoms with Gasteiger partial charge in [-0.15, -0.1) is 0 Å². The standard InChI is InChI=1S/C16H28N4O3S2/c21-13(17-9-5-1-2-8-14(22)20-24)7-4-3-6-12-15-11(10-25-12)18-16(23)19-15/h11-12,15,24H,1-10H2,(H,17,21)(H,20,22)(H2,18,19,23). The Morgan fingerprint density at radius 2 is 1.84 bits per heavy atom. The van der Waals surface area contributed by atoms with Crippen molar-refractivity contribution in [2.24, 2.45) is 0 Å². The molecule has 3 atom stereocenters. The average molecular weight is 389 g/mol. The lowest BCUT2D eigenvalue weighted by Crippen LogP contribution is -2.36. The molecular weight excluding hydrogens is 360 g/mol. The van der Waals surface area contributed by atoms with E-state index in [0.29, 0.717) is 24.6 Å². The number of hydrogen-bond acceptors (Lipinski definition) is 5. The summed E-state index contributed by atoms with van der Waals surface area (Å²) in [5, 5.41) is 9.32. The number of thioether (sulfide) groups is 1. The summed E-state index contributed by atoms with van der Waals surface area (Å²) in [6.07, 6.45) is 6.57. The molecule has 2 saturated heterocycles. The van der Waals surface area contributed by atoms with Crippen LogP contribution in [0.15, 0.2) is 0 Å². The highest BCUT2D eigenvalue weighted by atomic mass is 32.2. The third kappa shape index (κ3) is 6.97. The van der Waals surface area contributed by atoms with Gasteiger partial charge in [-0.25, -0.2) is 4.79 Å². The van der Waals surface area contributed by atoms with Gasteiger partial charge in [0.25, 0.3) is 0 Å². The number of nitrogens with one attached hydrogen (secondary N) is 4. The summed E-state index contributed by atoms with van der Waals surface area (Å²) < 4.78 is 2.30. The normalized spacial score (nSPS) is 24.4. The van der Waals surface area contributed by atoms with Gasteiger partial charge < -0.3 is 20.7 Å². The van der Waals surface area contributed by atoms with E-state index in [1.54, 1.807) is 0 Å². The van der Waals surface area contributed by atoms with Crippen LogP contribution in [0, 0.1) is 0 Å². The number of carbonyl (C=O) groups excluding carboxylic acids is 3. The average Bonchev–Trinajstić information content (AvgIpc) is 3.14. The minimum atomic E-state index is -0.0629. The molecule has 0 spiro atoms. The Morgan fingerprint density at radius 1 is 1.08 bits per heavy atom.